The van der Waals surface area contributed by atoms with Crippen molar-refractivity contribution in [1.29, 1.82) is 0 Å². The molecule has 0 aromatic heterocycles. The van der Waals surface area contributed by atoms with Gasteiger partial charge in [-0.3, -0.25) is 0 Å². The number of fused-ring (bicyclic) bond motifs is 1. The first-order chi connectivity index (χ1) is 8.28. The summed E-state index contributed by atoms with van der Waals surface area (Å²) in [5.41, 5.74) is 2.97. The van der Waals surface area contributed by atoms with Crippen LogP contribution in [0.15, 0.2) is 18.2 Å². The third kappa shape index (κ3) is 2.19. The maximum atomic E-state index is 5.31. The molecule has 0 saturated heterocycles. The molecule has 1 N–H and O–H groups in total. The van der Waals surface area contributed by atoms with Gasteiger partial charge < -0.3 is 10.1 Å². The molecule has 1 aromatic carbocycles. The lowest BCUT2D eigenvalue weighted by molar-refractivity contribution is 0.410. The summed E-state index contributed by atoms with van der Waals surface area (Å²) < 4.78 is 5.31. The standard InChI is InChI=1S/C15H21NO/c1-10-8-15(10)16-14-5-3-4-11-9-12(17-2)6-7-13(11)14/h6-7,9-10,14-16H,3-5,8H2,1-2H3. The van der Waals surface area contributed by atoms with E-state index in [1.807, 2.05) is 0 Å². The first kappa shape index (κ1) is 11.1. The zero-order valence-electron chi connectivity index (χ0n) is 10.7. The number of aryl methyl sites for hydroxylation is 1. The molecule has 0 spiro atoms. The molecule has 1 aromatic rings. The van der Waals surface area contributed by atoms with Crippen LogP contribution in [0.25, 0.3) is 0 Å². The Hall–Kier alpha value is -1.02. The molecule has 1 fully saturated rings. The van der Waals surface area contributed by atoms with E-state index in [2.05, 4.69) is 30.4 Å². The Labute approximate surface area is 103 Å². The van der Waals surface area contributed by atoms with Gasteiger partial charge in [0.15, 0.2) is 0 Å². The van der Waals surface area contributed by atoms with E-state index in [-0.39, 0.29) is 0 Å². The van der Waals surface area contributed by atoms with E-state index in [0.29, 0.717) is 6.04 Å². The summed E-state index contributed by atoms with van der Waals surface area (Å²) >= 11 is 0. The molecule has 3 rings (SSSR count). The van der Waals surface area contributed by atoms with Crippen molar-refractivity contribution in [3.05, 3.63) is 29.3 Å². The molecule has 0 heterocycles. The van der Waals surface area contributed by atoms with Crippen LogP contribution < -0.4 is 10.1 Å². The minimum Gasteiger partial charge on any atom is -0.497 e. The van der Waals surface area contributed by atoms with Crippen LogP contribution in [-0.2, 0) is 6.42 Å². The Morgan fingerprint density at radius 3 is 2.88 bits per heavy atom. The number of rotatable bonds is 3. The second-order valence-corrected chi connectivity index (χ2v) is 5.50. The van der Waals surface area contributed by atoms with Gasteiger partial charge >= 0.3 is 0 Å². The third-order valence-corrected chi connectivity index (χ3v) is 4.19. The highest BCUT2D eigenvalue weighted by molar-refractivity contribution is 5.39. The summed E-state index contributed by atoms with van der Waals surface area (Å²) in [6.07, 6.45) is 5.12. The van der Waals surface area contributed by atoms with Crippen molar-refractivity contribution in [2.24, 2.45) is 5.92 Å². The number of ether oxygens (including phenoxy) is 1. The van der Waals surface area contributed by atoms with Gasteiger partial charge in [-0.05, 0) is 54.9 Å². The number of nitrogens with one attached hydrogen (secondary N) is 1. The van der Waals surface area contributed by atoms with Crippen molar-refractivity contribution < 1.29 is 4.74 Å². The van der Waals surface area contributed by atoms with Crippen molar-refractivity contribution in [1.82, 2.24) is 5.32 Å². The number of benzene rings is 1. The van der Waals surface area contributed by atoms with Crippen LogP contribution in [0.4, 0.5) is 0 Å². The normalized spacial score (nSPS) is 30.8. The van der Waals surface area contributed by atoms with E-state index >= 15 is 0 Å². The Kier molecular flexibility index (Phi) is 2.83. The van der Waals surface area contributed by atoms with E-state index in [1.165, 1.54) is 36.8 Å². The fourth-order valence-electron chi connectivity index (χ4n) is 2.90. The number of hydrogen-bond donors (Lipinski definition) is 1. The van der Waals surface area contributed by atoms with Crippen LogP contribution in [0.1, 0.15) is 43.4 Å². The summed E-state index contributed by atoms with van der Waals surface area (Å²) in [5.74, 6) is 1.86. The van der Waals surface area contributed by atoms with E-state index in [0.717, 1.165) is 17.7 Å². The minimum absolute atomic E-state index is 0.569. The second-order valence-electron chi connectivity index (χ2n) is 5.50. The van der Waals surface area contributed by atoms with Crippen LogP contribution >= 0.6 is 0 Å². The van der Waals surface area contributed by atoms with Crippen molar-refractivity contribution in [2.75, 3.05) is 7.11 Å². The highest BCUT2D eigenvalue weighted by Gasteiger charge is 2.35. The lowest BCUT2D eigenvalue weighted by atomic mass is 9.87. The van der Waals surface area contributed by atoms with Crippen LogP contribution in [-0.4, -0.2) is 13.2 Å². The lowest BCUT2D eigenvalue weighted by Crippen LogP contribution is -2.27. The van der Waals surface area contributed by atoms with Crippen LogP contribution in [0.2, 0.25) is 0 Å². The van der Waals surface area contributed by atoms with Gasteiger partial charge in [0, 0.05) is 12.1 Å². The smallest absolute Gasteiger partial charge is 0.119 e. The van der Waals surface area contributed by atoms with Gasteiger partial charge in [-0.15, -0.1) is 0 Å². The van der Waals surface area contributed by atoms with Crippen LogP contribution in [0.3, 0.4) is 0 Å². The van der Waals surface area contributed by atoms with Gasteiger partial charge in [0.2, 0.25) is 0 Å². The maximum Gasteiger partial charge on any atom is 0.119 e. The van der Waals surface area contributed by atoms with Gasteiger partial charge in [-0.1, -0.05) is 13.0 Å². The molecule has 2 aliphatic rings. The van der Waals surface area contributed by atoms with Gasteiger partial charge in [0.1, 0.15) is 5.75 Å². The third-order valence-electron chi connectivity index (χ3n) is 4.19. The molecule has 92 valence electrons. The van der Waals surface area contributed by atoms with E-state index in [4.69, 9.17) is 4.74 Å². The molecule has 3 atom stereocenters. The van der Waals surface area contributed by atoms with Gasteiger partial charge in [0.25, 0.3) is 0 Å². The monoisotopic (exact) mass is 231 g/mol. The van der Waals surface area contributed by atoms with Crippen LogP contribution in [0, 0.1) is 5.92 Å². The predicted octanol–water partition coefficient (Wildman–Crippen LogP) is 3.07. The first-order valence-corrected chi connectivity index (χ1v) is 6.71. The van der Waals surface area contributed by atoms with Crippen LogP contribution in [0.5, 0.6) is 5.75 Å². The van der Waals surface area contributed by atoms with E-state index < -0.39 is 0 Å². The SMILES string of the molecule is COc1ccc2c(c1)CCCC2NC1CC1C. The molecule has 2 heteroatoms. The van der Waals surface area contributed by atoms with Crippen molar-refractivity contribution >= 4 is 0 Å². The minimum atomic E-state index is 0.569. The van der Waals surface area contributed by atoms with E-state index in [9.17, 15) is 0 Å². The highest BCUT2D eigenvalue weighted by Crippen LogP contribution is 2.37. The molecule has 2 nitrogen and oxygen atoms in total. The lowest BCUT2D eigenvalue weighted by Gasteiger charge is -2.27. The van der Waals surface area contributed by atoms with Gasteiger partial charge in [-0.25, -0.2) is 0 Å². The summed E-state index contributed by atoms with van der Waals surface area (Å²) in [7, 11) is 1.74. The topological polar surface area (TPSA) is 21.3 Å². The molecule has 0 radical (unpaired) electrons. The zero-order chi connectivity index (χ0) is 11.8. The fourth-order valence-corrected chi connectivity index (χ4v) is 2.90. The highest BCUT2D eigenvalue weighted by atomic mass is 16.5. The summed E-state index contributed by atoms with van der Waals surface area (Å²) in [6, 6.07) is 7.87. The maximum absolute atomic E-state index is 5.31. The summed E-state index contributed by atoms with van der Waals surface area (Å²) in [6.45, 7) is 2.33. The molecule has 0 amide bonds. The average Bonchev–Trinajstić information content (AvgIpc) is 3.04. The molecule has 0 aliphatic heterocycles. The molecule has 2 aliphatic carbocycles. The Morgan fingerprint density at radius 1 is 1.35 bits per heavy atom. The fraction of sp³-hybridized carbons (Fsp3) is 0.600. The Morgan fingerprint density at radius 2 is 2.18 bits per heavy atom. The summed E-state index contributed by atoms with van der Waals surface area (Å²) in [4.78, 5) is 0. The molecule has 1 saturated carbocycles. The largest absolute Gasteiger partial charge is 0.497 e. The quantitative estimate of drug-likeness (QED) is 0.863. The average molecular weight is 231 g/mol. The first-order valence-electron chi connectivity index (χ1n) is 6.71. The predicted molar refractivity (Wildman–Crippen MR) is 69.4 cm³/mol. The van der Waals surface area contributed by atoms with Gasteiger partial charge in [-0.2, -0.15) is 0 Å². The Bertz CT molecular complexity index is 415. The molecule has 17 heavy (non-hydrogen) atoms. The second kappa shape index (κ2) is 4.34. The van der Waals surface area contributed by atoms with Crippen molar-refractivity contribution in [3.63, 3.8) is 0 Å². The molecule has 3 unspecified atom stereocenters. The number of methoxy groups -OCH3 is 1. The molecular formula is C15H21NO. The Balaban J connectivity index is 1.81. The van der Waals surface area contributed by atoms with Gasteiger partial charge in [0.05, 0.1) is 7.11 Å². The summed E-state index contributed by atoms with van der Waals surface area (Å²) in [5, 5.41) is 3.80. The molecule has 0 bridgehead atoms. The van der Waals surface area contributed by atoms with Crippen molar-refractivity contribution in [2.45, 2.75) is 44.7 Å². The zero-order valence-corrected chi connectivity index (χ0v) is 10.7. The molecular weight excluding hydrogens is 210 g/mol. The van der Waals surface area contributed by atoms with Crippen molar-refractivity contribution in [3.8, 4) is 5.75 Å². The van der Waals surface area contributed by atoms with E-state index in [1.54, 1.807) is 7.11 Å². The number of hydrogen-bond acceptors (Lipinski definition) is 2.